The minimum absolute atomic E-state index is 0.115. The second-order valence-electron chi connectivity index (χ2n) is 3.54. The summed E-state index contributed by atoms with van der Waals surface area (Å²) in [6, 6.07) is 0. The van der Waals surface area contributed by atoms with E-state index in [2.05, 4.69) is 0 Å². The Morgan fingerprint density at radius 1 is 1.47 bits per heavy atom. The summed E-state index contributed by atoms with van der Waals surface area (Å²) >= 11 is 0. The van der Waals surface area contributed by atoms with E-state index in [9.17, 15) is 4.79 Å². The van der Waals surface area contributed by atoms with Crippen LogP contribution >= 0.6 is 0 Å². The van der Waals surface area contributed by atoms with Crippen LogP contribution in [0, 0.1) is 5.92 Å². The van der Waals surface area contributed by atoms with Crippen molar-refractivity contribution in [1.82, 2.24) is 0 Å². The van der Waals surface area contributed by atoms with Crippen molar-refractivity contribution in [3.05, 3.63) is 12.2 Å². The summed E-state index contributed by atoms with van der Waals surface area (Å²) in [6.45, 7) is 6.21. The van der Waals surface area contributed by atoms with Crippen molar-refractivity contribution in [2.24, 2.45) is 5.92 Å². The van der Waals surface area contributed by atoms with Crippen LogP contribution in [-0.4, -0.2) is 31.6 Å². The molecule has 1 rings (SSSR count). The summed E-state index contributed by atoms with van der Waals surface area (Å²) in [5.41, 5.74) is 0. The summed E-state index contributed by atoms with van der Waals surface area (Å²) in [7, 11) is 0. The SMILES string of the molecule is CCOC1C=CC(C)C(COC(C)=O)O1. The molecule has 0 saturated heterocycles. The molecular weight excluding hydrogens is 196 g/mol. The highest BCUT2D eigenvalue weighted by Gasteiger charge is 2.25. The van der Waals surface area contributed by atoms with Gasteiger partial charge in [-0.05, 0) is 13.0 Å². The van der Waals surface area contributed by atoms with Crippen LogP contribution in [0.15, 0.2) is 12.2 Å². The normalized spacial score (nSPS) is 30.2. The van der Waals surface area contributed by atoms with Crippen LogP contribution in [0.4, 0.5) is 0 Å². The zero-order valence-corrected chi connectivity index (χ0v) is 9.43. The van der Waals surface area contributed by atoms with E-state index in [1.807, 2.05) is 26.0 Å². The molecule has 0 aromatic rings. The van der Waals surface area contributed by atoms with Crippen molar-refractivity contribution in [1.29, 1.82) is 0 Å². The molecule has 0 amide bonds. The summed E-state index contributed by atoms with van der Waals surface area (Å²) in [4.78, 5) is 10.7. The number of carbonyl (C=O) groups excluding carboxylic acids is 1. The van der Waals surface area contributed by atoms with Crippen LogP contribution in [0.5, 0.6) is 0 Å². The second-order valence-corrected chi connectivity index (χ2v) is 3.54. The van der Waals surface area contributed by atoms with E-state index in [4.69, 9.17) is 14.2 Å². The number of carbonyl (C=O) groups is 1. The van der Waals surface area contributed by atoms with E-state index >= 15 is 0 Å². The van der Waals surface area contributed by atoms with Gasteiger partial charge in [-0.3, -0.25) is 4.79 Å². The standard InChI is InChI=1S/C11H18O4/c1-4-13-11-6-5-8(2)10(15-11)7-14-9(3)12/h5-6,8,10-11H,4,7H2,1-3H3. The lowest BCUT2D eigenvalue weighted by molar-refractivity contribution is -0.176. The van der Waals surface area contributed by atoms with Crippen LogP contribution in [0.3, 0.4) is 0 Å². The topological polar surface area (TPSA) is 44.8 Å². The molecule has 1 aliphatic rings. The minimum Gasteiger partial charge on any atom is -0.463 e. The van der Waals surface area contributed by atoms with Gasteiger partial charge < -0.3 is 14.2 Å². The highest BCUT2D eigenvalue weighted by Crippen LogP contribution is 2.19. The average molecular weight is 214 g/mol. The highest BCUT2D eigenvalue weighted by atomic mass is 16.7. The molecule has 0 aromatic heterocycles. The van der Waals surface area contributed by atoms with Gasteiger partial charge in [0.25, 0.3) is 0 Å². The largest absolute Gasteiger partial charge is 0.463 e. The van der Waals surface area contributed by atoms with E-state index < -0.39 is 0 Å². The molecule has 4 nitrogen and oxygen atoms in total. The Morgan fingerprint density at radius 3 is 2.80 bits per heavy atom. The fourth-order valence-corrected chi connectivity index (χ4v) is 1.38. The van der Waals surface area contributed by atoms with E-state index in [0.717, 1.165) is 0 Å². The third kappa shape index (κ3) is 4.01. The van der Waals surface area contributed by atoms with E-state index in [0.29, 0.717) is 6.61 Å². The number of esters is 1. The van der Waals surface area contributed by atoms with Crippen molar-refractivity contribution in [2.45, 2.75) is 33.2 Å². The number of rotatable bonds is 4. The molecule has 86 valence electrons. The van der Waals surface area contributed by atoms with Gasteiger partial charge >= 0.3 is 5.97 Å². The van der Waals surface area contributed by atoms with Gasteiger partial charge in [0.15, 0.2) is 6.29 Å². The minimum atomic E-state index is -0.313. The summed E-state index contributed by atoms with van der Waals surface area (Å²) in [6.07, 6.45) is 3.48. The van der Waals surface area contributed by atoms with E-state index in [1.165, 1.54) is 6.92 Å². The third-order valence-corrected chi connectivity index (χ3v) is 2.25. The lowest BCUT2D eigenvalue weighted by atomic mass is 10.0. The van der Waals surface area contributed by atoms with Gasteiger partial charge in [0.05, 0.1) is 0 Å². The van der Waals surface area contributed by atoms with Gasteiger partial charge in [-0.15, -0.1) is 0 Å². The predicted molar refractivity (Wildman–Crippen MR) is 55.2 cm³/mol. The van der Waals surface area contributed by atoms with Crippen LogP contribution < -0.4 is 0 Å². The maximum absolute atomic E-state index is 10.7. The number of hydrogen-bond donors (Lipinski definition) is 0. The second kappa shape index (κ2) is 5.88. The van der Waals surface area contributed by atoms with E-state index in [1.54, 1.807) is 0 Å². The smallest absolute Gasteiger partial charge is 0.302 e. The fraction of sp³-hybridized carbons (Fsp3) is 0.727. The average Bonchev–Trinajstić information content (AvgIpc) is 2.19. The van der Waals surface area contributed by atoms with Crippen LogP contribution in [0.1, 0.15) is 20.8 Å². The molecule has 1 aliphatic heterocycles. The Bertz CT molecular complexity index is 237. The quantitative estimate of drug-likeness (QED) is 0.525. The fourth-order valence-electron chi connectivity index (χ4n) is 1.38. The van der Waals surface area contributed by atoms with Crippen LogP contribution in [0.2, 0.25) is 0 Å². The molecule has 0 N–H and O–H groups in total. The molecule has 0 spiro atoms. The van der Waals surface area contributed by atoms with Gasteiger partial charge in [0, 0.05) is 19.4 Å². The zero-order chi connectivity index (χ0) is 11.3. The maximum atomic E-state index is 10.7. The Hall–Kier alpha value is -0.870. The summed E-state index contributed by atoms with van der Waals surface area (Å²) in [5, 5.41) is 0. The molecule has 0 saturated carbocycles. The molecule has 0 fully saturated rings. The molecular formula is C11H18O4. The molecule has 3 atom stereocenters. The summed E-state index contributed by atoms with van der Waals surface area (Å²) < 4.78 is 15.8. The van der Waals surface area contributed by atoms with Gasteiger partial charge in [-0.1, -0.05) is 13.0 Å². The molecule has 0 aromatic carbocycles. The number of hydrogen-bond acceptors (Lipinski definition) is 4. The number of ether oxygens (including phenoxy) is 3. The summed E-state index contributed by atoms with van der Waals surface area (Å²) in [5.74, 6) is -0.0469. The molecule has 4 heteroatoms. The van der Waals surface area contributed by atoms with Gasteiger partial charge in [0.1, 0.15) is 12.7 Å². The molecule has 1 heterocycles. The van der Waals surface area contributed by atoms with Crippen molar-refractivity contribution in [2.75, 3.05) is 13.2 Å². The first kappa shape index (κ1) is 12.2. The Labute approximate surface area is 90.2 Å². The zero-order valence-electron chi connectivity index (χ0n) is 9.43. The van der Waals surface area contributed by atoms with Gasteiger partial charge in [0.2, 0.25) is 0 Å². The first-order valence-electron chi connectivity index (χ1n) is 5.22. The van der Waals surface area contributed by atoms with Gasteiger partial charge in [-0.2, -0.15) is 0 Å². The van der Waals surface area contributed by atoms with Crippen molar-refractivity contribution in [3.63, 3.8) is 0 Å². The maximum Gasteiger partial charge on any atom is 0.302 e. The van der Waals surface area contributed by atoms with Crippen LogP contribution in [-0.2, 0) is 19.0 Å². The molecule has 0 bridgehead atoms. The predicted octanol–water partition coefficient (Wildman–Crippen LogP) is 1.50. The Balaban J connectivity index is 2.43. The Morgan fingerprint density at radius 2 is 2.20 bits per heavy atom. The van der Waals surface area contributed by atoms with E-state index in [-0.39, 0.29) is 30.9 Å². The molecule has 0 radical (unpaired) electrons. The monoisotopic (exact) mass is 214 g/mol. The lowest BCUT2D eigenvalue weighted by Crippen LogP contribution is -2.35. The first-order chi connectivity index (χ1) is 7.13. The van der Waals surface area contributed by atoms with Crippen molar-refractivity contribution >= 4 is 5.97 Å². The van der Waals surface area contributed by atoms with Crippen molar-refractivity contribution in [3.8, 4) is 0 Å². The van der Waals surface area contributed by atoms with Crippen molar-refractivity contribution < 1.29 is 19.0 Å². The lowest BCUT2D eigenvalue weighted by Gasteiger charge is -2.29. The molecule has 0 aliphatic carbocycles. The van der Waals surface area contributed by atoms with Gasteiger partial charge in [-0.25, -0.2) is 0 Å². The molecule has 3 unspecified atom stereocenters. The van der Waals surface area contributed by atoms with Crippen LogP contribution in [0.25, 0.3) is 0 Å². The third-order valence-electron chi connectivity index (χ3n) is 2.25. The molecule has 15 heavy (non-hydrogen) atoms. The Kier molecular flexibility index (Phi) is 4.78. The highest BCUT2D eigenvalue weighted by molar-refractivity contribution is 5.65. The first-order valence-corrected chi connectivity index (χ1v) is 5.22.